The molecule has 33 heavy (non-hydrogen) atoms. The standard InChI is InChI=1S/C28H23N3O2/c1-32-26-16-11-21(17-27(26)33-19-20-7-3-2-4-8-20)18-29-23-14-12-22(13-15-23)28-30-24-9-5-6-10-25(24)31-28/h2-18H,19H2,1H3,(H,30,31). The number of hydrogen-bond acceptors (Lipinski definition) is 4. The van der Waals surface area contributed by atoms with Gasteiger partial charge in [0.1, 0.15) is 12.4 Å². The quantitative estimate of drug-likeness (QED) is 0.295. The molecule has 0 bridgehead atoms. The Morgan fingerprint density at radius 1 is 0.848 bits per heavy atom. The highest BCUT2D eigenvalue weighted by Gasteiger charge is 2.07. The SMILES string of the molecule is COc1ccc(C=Nc2ccc(-c3nc4ccccc4[nH]3)cc2)cc1OCc1ccccc1. The van der Waals surface area contributed by atoms with Gasteiger partial charge in [0.05, 0.1) is 23.8 Å². The molecule has 5 rings (SSSR count). The first kappa shape index (κ1) is 20.5. The van der Waals surface area contributed by atoms with Gasteiger partial charge in [-0.3, -0.25) is 4.99 Å². The fourth-order valence-electron chi connectivity index (χ4n) is 3.57. The van der Waals surface area contributed by atoms with Crippen molar-refractivity contribution in [3.63, 3.8) is 0 Å². The number of rotatable bonds is 7. The molecule has 5 aromatic rings. The van der Waals surface area contributed by atoms with Gasteiger partial charge in [0.25, 0.3) is 0 Å². The summed E-state index contributed by atoms with van der Waals surface area (Å²) in [4.78, 5) is 12.6. The lowest BCUT2D eigenvalue weighted by atomic mass is 10.2. The monoisotopic (exact) mass is 433 g/mol. The first-order valence-electron chi connectivity index (χ1n) is 10.7. The highest BCUT2D eigenvalue weighted by Crippen LogP contribution is 2.29. The van der Waals surface area contributed by atoms with E-state index in [0.717, 1.165) is 39.2 Å². The van der Waals surface area contributed by atoms with Crippen LogP contribution in [0.25, 0.3) is 22.4 Å². The number of imidazole rings is 1. The Morgan fingerprint density at radius 2 is 1.64 bits per heavy atom. The Bertz CT molecular complexity index is 1360. The third-order valence-corrected chi connectivity index (χ3v) is 5.32. The largest absolute Gasteiger partial charge is 0.493 e. The van der Waals surface area contributed by atoms with E-state index in [9.17, 15) is 0 Å². The number of H-pyrrole nitrogens is 1. The van der Waals surface area contributed by atoms with E-state index in [1.165, 1.54) is 0 Å². The average molecular weight is 434 g/mol. The molecule has 162 valence electrons. The van der Waals surface area contributed by atoms with E-state index in [2.05, 4.69) is 15.0 Å². The van der Waals surface area contributed by atoms with Crippen LogP contribution in [-0.2, 0) is 6.61 Å². The van der Waals surface area contributed by atoms with Crippen LogP contribution in [0, 0.1) is 0 Å². The first-order chi connectivity index (χ1) is 16.3. The van der Waals surface area contributed by atoms with Crippen molar-refractivity contribution in [2.24, 2.45) is 4.99 Å². The molecule has 0 fully saturated rings. The predicted octanol–water partition coefficient (Wildman–Crippen LogP) is 6.57. The van der Waals surface area contributed by atoms with Crippen LogP contribution in [0.15, 0.2) is 102 Å². The van der Waals surface area contributed by atoms with Gasteiger partial charge >= 0.3 is 0 Å². The van der Waals surface area contributed by atoms with Crippen molar-refractivity contribution in [3.8, 4) is 22.9 Å². The summed E-state index contributed by atoms with van der Waals surface area (Å²) in [5, 5.41) is 0. The lowest BCUT2D eigenvalue weighted by molar-refractivity contribution is 0.284. The molecule has 0 unspecified atom stereocenters. The minimum atomic E-state index is 0.473. The summed E-state index contributed by atoms with van der Waals surface area (Å²) < 4.78 is 11.4. The van der Waals surface area contributed by atoms with Crippen LogP contribution in [0.2, 0.25) is 0 Å². The zero-order valence-electron chi connectivity index (χ0n) is 18.2. The summed E-state index contributed by atoms with van der Waals surface area (Å²) in [6.07, 6.45) is 1.82. The number of ether oxygens (including phenoxy) is 2. The topological polar surface area (TPSA) is 59.5 Å². The van der Waals surface area contributed by atoms with Crippen LogP contribution in [0.5, 0.6) is 11.5 Å². The van der Waals surface area contributed by atoms with Gasteiger partial charge < -0.3 is 14.5 Å². The first-order valence-corrected chi connectivity index (χ1v) is 10.7. The van der Waals surface area contributed by atoms with Crippen LogP contribution >= 0.6 is 0 Å². The number of benzene rings is 4. The molecule has 0 aliphatic carbocycles. The van der Waals surface area contributed by atoms with Crippen LogP contribution < -0.4 is 9.47 Å². The number of aliphatic imine (C=N–C) groups is 1. The van der Waals surface area contributed by atoms with Gasteiger partial charge in [0.2, 0.25) is 0 Å². The summed E-state index contributed by atoms with van der Waals surface area (Å²) >= 11 is 0. The Labute approximate surface area is 192 Å². The van der Waals surface area contributed by atoms with E-state index >= 15 is 0 Å². The van der Waals surface area contributed by atoms with E-state index in [4.69, 9.17) is 9.47 Å². The number of nitrogens with zero attached hydrogens (tertiary/aromatic N) is 2. The summed E-state index contributed by atoms with van der Waals surface area (Å²) in [7, 11) is 1.64. The fourth-order valence-corrected chi connectivity index (χ4v) is 3.57. The second kappa shape index (κ2) is 9.40. The smallest absolute Gasteiger partial charge is 0.162 e. The van der Waals surface area contributed by atoms with E-state index < -0.39 is 0 Å². The van der Waals surface area contributed by atoms with Crippen LogP contribution in [-0.4, -0.2) is 23.3 Å². The minimum absolute atomic E-state index is 0.473. The summed E-state index contributed by atoms with van der Waals surface area (Å²) in [6.45, 7) is 0.473. The summed E-state index contributed by atoms with van der Waals surface area (Å²) in [5.41, 5.74) is 5.89. The van der Waals surface area contributed by atoms with Crippen LogP contribution in [0.1, 0.15) is 11.1 Å². The Hall–Kier alpha value is -4.38. The number of aromatic nitrogens is 2. The van der Waals surface area contributed by atoms with E-state index in [-0.39, 0.29) is 0 Å². The molecule has 0 saturated heterocycles. The molecule has 0 aliphatic heterocycles. The average Bonchev–Trinajstić information content (AvgIpc) is 3.31. The van der Waals surface area contributed by atoms with Gasteiger partial charge in [0.15, 0.2) is 11.5 Å². The molecule has 1 heterocycles. The zero-order chi connectivity index (χ0) is 22.5. The Kier molecular flexibility index (Phi) is 5.85. The molecule has 0 radical (unpaired) electrons. The second-order valence-corrected chi connectivity index (χ2v) is 7.59. The van der Waals surface area contributed by atoms with E-state index in [0.29, 0.717) is 18.1 Å². The number of aromatic amines is 1. The van der Waals surface area contributed by atoms with Crippen LogP contribution in [0.4, 0.5) is 5.69 Å². The highest BCUT2D eigenvalue weighted by molar-refractivity contribution is 5.83. The van der Waals surface area contributed by atoms with Crippen molar-refractivity contribution in [1.82, 2.24) is 9.97 Å². The normalized spacial score (nSPS) is 11.2. The molecule has 0 saturated carbocycles. The molecule has 1 N–H and O–H groups in total. The molecule has 0 amide bonds. The minimum Gasteiger partial charge on any atom is -0.493 e. The summed E-state index contributed by atoms with van der Waals surface area (Å²) in [5.74, 6) is 2.23. The maximum absolute atomic E-state index is 6.00. The van der Waals surface area contributed by atoms with Crippen molar-refractivity contribution in [2.45, 2.75) is 6.61 Å². The maximum atomic E-state index is 6.00. The van der Waals surface area contributed by atoms with Gasteiger partial charge in [0, 0.05) is 11.8 Å². The number of para-hydroxylation sites is 2. The summed E-state index contributed by atoms with van der Waals surface area (Å²) in [6, 6.07) is 31.9. The number of nitrogens with one attached hydrogen (secondary N) is 1. The van der Waals surface area contributed by atoms with Crippen molar-refractivity contribution in [1.29, 1.82) is 0 Å². The van der Waals surface area contributed by atoms with Crippen molar-refractivity contribution in [2.75, 3.05) is 7.11 Å². The molecule has 0 aliphatic rings. The lowest BCUT2D eigenvalue weighted by Gasteiger charge is -2.11. The number of fused-ring (bicyclic) bond motifs is 1. The Morgan fingerprint density at radius 3 is 2.42 bits per heavy atom. The van der Waals surface area contributed by atoms with Gasteiger partial charge in [-0.1, -0.05) is 42.5 Å². The molecule has 5 heteroatoms. The molecular formula is C28H23N3O2. The maximum Gasteiger partial charge on any atom is 0.162 e. The predicted molar refractivity (Wildman–Crippen MR) is 133 cm³/mol. The van der Waals surface area contributed by atoms with Gasteiger partial charge in [-0.25, -0.2) is 4.98 Å². The third kappa shape index (κ3) is 4.77. The van der Waals surface area contributed by atoms with E-state index in [1.54, 1.807) is 7.11 Å². The van der Waals surface area contributed by atoms with Crippen molar-refractivity contribution < 1.29 is 9.47 Å². The van der Waals surface area contributed by atoms with Gasteiger partial charge in [-0.15, -0.1) is 0 Å². The van der Waals surface area contributed by atoms with E-state index in [1.807, 2.05) is 103 Å². The van der Waals surface area contributed by atoms with Gasteiger partial charge in [-0.2, -0.15) is 0 Å². The molecule has 4 aromatic carbocycles. The third-order valence-electron chi connectivity index (χ3n) is 5.32. The molecular weight excluding hydrogens is 410 g/mol. The molecule has 0 atom stereocenters. The number of methoxy groups -OCH3 is 1. The highest BCUT2D eigenvalue weighted by atomic mass is 16.5. The zero-order valence-corrected chi connectivity index (χ0v) is 18.2. The molecule has 0 spiro atoms. The number of hydrogen-bond donors (Lipinski definition) is 1. The Balaban J connectivity index is 1.31. The van der Waals surface area contributed by atoms with Crippen LogP contribution in [0.3, 0.4) is 0 Å². The molecule has 1 aromatic heterocycles. The second-order valence-electron chi connectivity index (χ2n) is 7.59. The van der Waals surface area contributed by atoms with Crippen molar-refractivity contribution >= 4 is 22.9 Å². The van der Waals surface area contributed by atoms with Gasteiger partial charge in [-0.05, 0) is 65.7 Å². The lowest BCUT2D eigenvalue weighted by Crippen LogP contribution is -1.98. The fraction of sp³-hybridized carbons (Fsp3) is 0.0714. The van der Waals surface area contributed by atoms with Crippen molar-refractivity contribution in [3.05, 3.63) is 108 Å². The molecule has 5 nitrogen and oxygen atoms in total.